The number of aromatic nitrogens is 2. The fourth-order valence-corrected chi connectivity index (χ4v) is 3.73. The van der Waals surface area contributed by atoms with Crippen molar-refractivity contribution in [3.8, 4) is 0 Å². The summed E-state index contributed by atoms with van der Waals surface area (Å²) in [6.45, 7) is 0. The third kappa shape index (κ3) is 2.41. The molecular weight excluding hydrogens is 328 g/mol. The maximum atomic E-state index is 12.3. The normalized spacial score (nSPS) is 16.5. The van der Waals surface area contributed by atoms with Crippen LogP contribution in [0.4, 0.5) is 11.6 Å². The molecule has 1 atom stereocenters. The van der Waals surface area contributed by atoms with Gasteiger partial charge in [0.15, 0.2) is 11.6 Å². The SMILES string of the molecule is Cn1nc(NC(=O)c2ccco2)c2c1NC(=O)C[C@H]2c1cccs1. The number of carbonyl (C=O) groups is 2. The second kappa shape index (κ2) is 5.64. The average molecular weight is 342 g/mol. The summed E-state index contributed by atoms with van der Waals surface area (Å²) in [7, 11) is 1.73. The topological polar surface area (TPSA) is 89.2 Å². The molecular formula is C16H14N4O3S. The summed E-state index contributed by atoms with van der Waals surface area (Å²) in [6, 6.07) is 7.17. The molecule has 0 aromatic carbocycles. The number of furan rings is 1. The van der Waals surface area contributed by atoms with E-state index in [2.05, 4.69) is 15.7 Å². The molecule has 122 valence electrons. The van der Waals surface area contributed by atoms with E-state index in [1.54, 1.807) is 35.2 Å². The molecule has 0 fully saturated rings. The second-order valence-corrected chi connectivity index (χ2v) is 6.47. The summed E-state index contributed by atoms with van der Waals surface area (Å²) in [5, 5.41) is 12.0. The molecule has 1 aliphatic heterocycles. The van der Waals surface area contributed by atoms with Gasteiger partial charge >= 0.3 is 0 Å². The zero-order chi connectivity index (χ0) is 16.7. The number of aryl methyl sites for hydroxylation is 1. The molecule has 0 saturated heterocycles. The lowest BCUT2D eigenvalue weighted by molar-refractivity contribution is -0.116. The summed E-state index contributed by atoms with van der Waals surface area (Å²) in [5.41, 5.74) is 0.819. The van der Waals surface area contributed by atoms with Crippen molar-refractivity contribution in [2.24, 2.45) is 7.05 Å². The van der Waals surface area contributed by atoms with E-state index < -0.39 is 0 Å². The minimum Gasteiger partial charge on any atom is -0.459 e. The van der Waals surface area contributed by atoms with Crippen LogP contribution in [0.15, 0.2) is 40.3 Å². The molecule has 0 saturated carbocycles. The molecule has 2 N–H and O–H groups in total. The van der Waals surface area contributed by atoms with Crippen LogP contribution in [0, 0.1) is 0 Å². The molecule has 0 radical (unpaired) electrons. The molecule has 0 unspecified atom stereocenters. The van der Waals surface area contributed by atoms with Gasteiger partial charge < -0.3 is 15.1 Å². The number of nitrogens with one attached hydrogen (secondary N) is 2. The highest BCUT2D eigenvalue weighted by Crippen LogP contribution is 2.42. The quantitative estimate of drug-likeness (QED) is 0.766. The van der Waals surface area contributed by atoms with E-state index in [9.17, 15) is 9.59 Å². The zero-order valence-corrected chi connectivity index (χ0v) is 13.6. The Morgan fingerprint density at radius 1 is 1.46 bits per heavy atom. The number of fused-ring (bicyclic) bond motifs is 1. The minimum atomic E-state index is -0.372. The van der Waals surface area contributed by atoms with E-state index in [-0.39, 0.29) is 23.5 Å². The van der Waals surface area contributed by atoms with Crippen LogP contribution in [0.5, 0.6) is 0 Å². The Balaban J connectivity index is 1.76. The smallest absolute Gasteiger partial charge is 0.292 e. The fourth-order valence-electron chi connectivity index (χ4n) is 2.89. The second-order valence-electron chi connectivity index (χ2n) is 5.49. The van der Waals surface area contributed by atoms with E-state index in [4.69, 9.17) is 4.42 Å². The van der Waals surface area contributed by atoms with E-state index >= 15 is 0 Å². The number of thiophene rings is 1. The summed E-state index contributed by atoms with van der Waals surface area (Å²) < 4.78 is 6.69. The van der Waals surface area contributed by atoms with Gasteiger partial charge in [-0.25, -0.2) is 0 Å². The van der Waals surface area contributed by atoms with Gasteiger partial charge in [0.05, 0.1) is 6.26 Å². The van der Waals surface area contributed by atoms with Gasteiger partial charge in [-0.05, 0) is 23.6 Å². The van der Waals surface area contributed by atoms with Gasteiger partial charge in [0, 0.05) is 29.8 Å². The Morgan fingerprint density at radius 2 is 2.33 bits per heavy atom. The highest BCUT2D eigenvalue weighted by Gasteiger charge is 2.34. The Morgan fingerprint density at radius 3 is 3.04 bits per heavy atom. The maximum Gasteiger partial charge on any atom is 0.292 e. The highest BCUT2D eigenvalue weighted by atomic mass is 32.1. The van der Waals surface area contributed by atoms with Crippen molar-refractivity contribution in [1.29, 1.82) is 0 Å². The lowest BCUT2D eigenvalue weighted by atomic mass is 9.92. The van der Waals surface area contributed by atoms with Crippen LogP contribution in [0.1, 0.15) is 33.3 Å². The third-order valence-corrected chi connectivity index (χ3v) is 4.93. The number of rotatable bonds is 3. The predicted octanol–water partition coefficient (Wildman–Crippen LogP) is 2.80. The van der Waals surface area contributed by atoms with Crippen molar-refractivity contribution in [3.05, 3.63) is 52.1 Å². The van der Waals surface area contributed by atoms with Crippen molar-refractivity contribution in [2.45, 2.75) is 12.3 Å². The molecule has 4 rings (SSSR count). The van der Waals surface area contributed by atoms with E-state index in [1.165, 1.54) is 6.26 Å². The molecule has 7 nitrogen and oxygen atoms in total. The average Bonchev–Trinajstić information content (AvgIpc) is 3.29. The van der Waals surface area contributed by atoms with Gasteiger partial charge in [-0.15, -0.1) is 11.3 Å². The van der Waals surface area contributed by atoms with Crippen LogP contribution < -0.4 is 10.6 Å². The Kier molecular flexibility index (Phi) is 3.46. The van der Waals surface area contributed by atoms with Crippen molar-refractivity contribution in [3.63, 3.8) is 0 Å². The van der Waals surface area contributed by atoms with Gasteiger partial charge in [0.25, 0.3) is 5.91 Å². The van der Waals surface area contributed by atoms with Gasteiger partial charge in [-0.2, -0.15) is 5.10 Å². The molecule has 4 heterocycles. The number of hydrogen-bond donors (Lipinski definition) is 2. The molecule has 0 bridgehead atoms. The number of amides is 2. The van der Waals surface area contributed by atoms with Gasteiger partial charge in [-0.3, -0.25) is 14.3 Å². The van der Waals surface area contributed by atoms with Crippen LogP contribution in [0.2, 0.25) is 0 Å². The van der Waals surface area contributed by atoms with Crippen molar-refractivity contribution in [1.82, 2.24) is 9.78 Å². The minimum absolute atomic E-state index is 0.0622. The van der Waals surface area contributed by atoms with Crippen LogP contribution in [-0.2, 0) is 11.8 Å². The van der Waals surface area contributed by atoms with Crippen molar-refractivity contribution in [2.75, 3.05) is 10.6 Å². The van der Waals surface area contributed by atoms with E-state index in [0.717, 1.165) is 10.4 Å². The lowest BCUT2D eigenvalue weighted by Gasteiger charge is -2.22. The predicted molar refractivity (Wildman–Crippen MR) is 89.3 cm³/mol. The highest BCUT2D eigenvalue weighted by molar-refractivity contribution is 7.10. The Hall–Kier alpha value is -2.87. The summed E-state index contributed by atoms with van der Waals surface area (Å²) in [6.07, 6.45) is 1.76. The Bertz CT molecular complexity index is 896. The monoisotopic (exact) mass is 342 g/mol. The van der Waals surface area contributed by atoms with Gasteiger partial charge in [-0.1, -0.05) is 6.07 Å². The number of carbonyl (C=O) groups excluding carboxylic acids is 2. The number of anilines is 2. The van der Waals surface area contributed by atoms with Crippen LogP contribution >= 0.6 is 11.3 Å². The van der Waals surface area contributed by atoms with Gasteiger partial charge in [0.2, 0.25) is 5.91 Å². The van der Waals surface area contributed by atoms with Crippen LogP contribution in [0.3, 0.4) is 0 Å². The fraction of sp³-hybridized carbons (Fsp3) is 0.188. The summed E-state index contributed by atoms with van der Waals surface area (Å²) in [5.74, 6) is 0.693. The molecule has 0 spiro atoms. The van der Waals surface area contributed by atoms with E-state index in [1.807, 2.05) is 17.5 Å². The maximum absolute atomic E-state index is 12.3. The van der Waals surface area contributed by atoms with Gasteiger partial charge in [0.1, 0.15) is 5.82 Å². The summed E-state index contributed by atoms with van der Waals surface area (Å²) in [4.78, 5) is 25.4. The van der Waals surface area contributed by atoms with Crippen molar-refractivity contribution < 1.29 is 14.0 Å². The molecule has 3 aromatic rings. The first-order valence-corrected chi connectivity index (χ1v) is 8.26. The third-order valence-electron chi connectivity index (χ3n) is 3.94. The summed E-state index contributed by atoms with van der Waals surface area (Å²) >= 11 is 1.58. The standard InChI is InChI=1S/C16H14N4O3S/c1-20-15-13(9(8-12(21)17-15)11-5-3-7-24-11)14(19-20)18-16(22)10-4-2-6-23-10/h2-7,9H,8H2,1H3,(H,17,21)(H,18,19,22)/t9-/m0/s1. The van der Waals surface area contributed by atoms with Crippen LogP contribution in [0.25, 0.3) is 0 Å². The molecule has 2 amide bonds. The first-order valence-electron chi connectivity index (χ1n) is 7.38. The van der Waals surface area contributed by atoms with Crippen molar-refractivity contribution >= 4 is 34.8 Å². The first kappa shape index (κ1) is 14.7. The molecule has 0 aliphatic carbocycles. The molecule has 1 aliphatic rings. The molecule has 3 aromatic heterocycles. The van der Waals surface area contributed by atoms with Crippen LogP contribution in [-0.4, -0.2) is 21.6 Å². The largest absolute Gasteiger partial charge is 0.459 e. The molecule has 8 heteroatoms. The lowest BCUT2D eigenvalue weighted by Crippen LogP contribution is -2.24. The number of nitrogens with zero attached hydrogens (tertiary/aromatic N) is 2. The molecule has 24 heavy (non-hydrogen) atoms. The number of hydrogen-bond acceptors (Lipinski definition) is 5. The zero-order valence-electron chi connectivity index (χ0n) is 12.8. The Labute approximate surface area is 141 Å². The first-order chi connectivity index (χ1) is 11.6. The van der Waals surface area contributed by atoms with E-state index in [0.29, 0.717) is 18.1 Å².